The van der Waals surface area contributed by atoms with Gasteiger partial charge in [-0.25, -0.2) is 9.50 Å². The zero-order valence-electron chi connectivity index (χ0n) is 13.7. The number of nitrogens with zero attached hydrogens (tertiary/aromatic N) is 4. The van der Waals surface area contributed by atoms with Crippen molar-refractivity contribution >= 4 is 21.4 Å². The van der Waals surface area contributed by atoms with Crippen molar-refractivity contribution < 1.29 is 4.74 Å². The van der Waals surface area contributed by atoms with Crippen molar-refractivity contribution in [1.82, 2.24) is 19.5 Å². The topological polar surface area (TPSA) is 54.7 Å². The Balaban J connectivity index is 1.33. The number of aryl methyl sites for hydroxylation is 1. The molecule has 0 radical (unpaired) electrons. The lowest BCUT2D eigenvalue weighted by Gasteiger charge is -2.26. The molecule has 126 valence electrons. The zero-order chi connectivity index (χ0) is 16.4. The second-order valence-electron chi connectivity index (χ2n) is 6.08. The summed E-state index contributed by atoms with van der Waals surface area (Å²) in [6, 6.07) is 8.80. The van der Waals surface area contributed by atoms with Gasteiger partial charge in [0.15, 0.2) is 0 Å². The first-order valence-corrected chi connectivity index (χ1v) is 9.02. The van der Waals surface area contributed by atoms with Gasteiger partial charge in [0.05, 0.1) is 25.1 Å². The number of hydrogen-bond acceptors (Lipinski definition) is 6. The molecule has 1 fully saturated rings. The van der Waals surface area contributed by atoms with E-state index in [4.69, 9.17) is 4.74 Å². The van der Waals surface area contributed by atoms with Crippen LogP contribution in [0.3, 0.4) is 0 Å². The highest BCUT2D eigenvalue weighted by atomic mass is 32.1. The number of aromatic nitrogens is 3. The summed E-state index contributed by atoms with van der Waals surface area (Å²) in [5.74, 6) is 0. The molecule has 1 N–H and O–H groups in total. The zero-order valence-corrected chi connectivity index (χ0v) is 14.6. The molecule has 0 atom stereocenters. The first kappa shape index (κ1) is 15.6. The number of imidazole rings is 1. The summed E-state index contributed by atoms with van der Waals surface area (Å²) in [6.45, 7) is 7.49. The molecule has 4 rings (SSSR count). The number of anilines is 1. The molecular weight excluding hydrogens is 322 g/mol. The molecule has 0 saturated carbocycles. The summed E-state index contributed by atoms with van der Waals surface area (Å²) in [5, 5.41) is 8.76. The molecule has 1 aliphatic rings. The monoisotopic (exact) mass is 343 g/mol. The number of nitrogens with one attached hydrogen (secondary N) is 1. The van der Waals surface area contributed by atoms with Gasteiger partial charge >= 0.3 is 0 Å². The van der Waals surface area contributed by atoms with Crippen molar-refractivity contribution in [3.05, 3.63) is 47.3 Å². The number of rotatable bonds is 5. The summed E-state index contributed by atoms with van der Waals surface area (Å²) in [7, 11) is 0. The molecular formula is C17H21N5OS. The van der Waals surface area contributed by atoms with Gasteiger partial charge in [0.1, 0.15) is 0 Å². The van der Waals surface area contributed by atoms with Crippen LogP contribution < -0.4 is 5.32 Å². The Kier molecular flexibility index (Phi) is 4.46. The van der Waals surface area contributed by atoms with Crippen molar-refractivity contribution in [2.45, 2.75) is 20.0 Å². The van der Waals surface area contributed by atoms with Gasteiger partial charge in [0, 0.05) is 26.2 Å². The van der Waals surface area contributed by atoms with Crippen molar-refractivity contribution in [3.63, 3.8) is 0 Å². The van der Waals surface area contributed by atoms with Crippen LogP contribution >= 0.6 is 11.3 Å². The molecule has 0 unspecified atom stereocenters. The lowest BCUT2D eigenvalue weighted by Crippen LogP contribution is -2.35. The predicted molar refractivity (Wildman–Crippen MR) is 95.5 cm³/mol. The van der Waals surface area contributed by atoms with Crippen LogP contribution in [0.4, 0.5) is 5.13 Å². The molecule has 3 heterocycles. The van der Waals surface area contributed by atoms with E-state index >= 15 is 0 Å². The van der Waals surface area contributed by atoms with Crippen LogP contribution in [0.15, 0.2) is 30.5 Å². The number of hydrogen-bond donors (Lipinski definition) is 1. The summed E-state index contributed by atoms with van der Waals surface area (Å²) < 4.78 is 7.22. The van der Waals surface area contributed by atoms with Crippen LogP contribution in [0.1, 0.15) is 16.8 Å². The smallest absolute Gasteiger partial charge is 0.214 e. The fourth-order valence-electron chi connectivity index (χ4n) is 2.84. The minimum atomic E-state index is 0.771. The van der Waals surface area contributed by atoms with Gasteiger partial charge in [0.25, 0.3) is 0 Å². The van der Waals surface area contributed by atoms with Crippen molar-refractivity contribution in [2.75, 3.05) is 31.6 Å². The van der Waals surface area contributed by atoms with Crippen LogP contribution in [-0.2, 0) is 17.8 Å². The largest absolute Gasteiger partial charge is 0.379 e. The Hall–Kier alpha value is -1.96. The quantitative estimate of drug-likeness (QED) is 0.771. The fraction of sp³-hybridized carbons (Fsp3) is 0.412. The molecule has 3 aromatic rings. The summed E-state index contributed by atoms with van der Waals surface area (Å²) >= 11 is 1.57. The number of fused-ring (bicyclic) bond motifs is 1. The predicted octanol–water partition coefficient (Wildman–Crippen LogP) is 2.54. The number of ether oxygens (including phenoxy) is 1. The molecule has 0 bridgehead atoms. The molecule has 0 aliphatic carbocycles. The minimum absolute atomic E-state index is 0.771. The fourth-order valence-corrected chi connectivity index (χ4v) is 3.66. The van der Waals surface area contributed by atoms with Crippen molar-refractivity contribution in [2.24, 2.45) is 0 Å². The second-order valence-corrected chi connectivity index (χ2v) is 7.03. The van der Waals surface area contributed by atoms with E-state index in [0.29, 0.717) is 0 Å². The van der Waals surface area contributed by atoms with E-state index in [-0.39, 0.29) is 0 Å². The Morgan fingerprint density at radius 3 is 2.67 bits per heavy atom. The molecule has 1 aromatic carbocycles. The number of morpholine rings is 1. The molecule has 0 amide bonds. The van der Waals surface area contributed by atoms with Crippen LogP contribution in [0, 0.1) is 6.92 Å². The Morgan fingerprint density at radius 2 is 1.92 bits per heavy atom. The molecule has 0 spiro atoms. The van der Waals surface area contributed by atoms with Crippen LogP contribution in [-0.4, -0.2) is 45.8 Å². The van der Waals surface area contributed by atoms with E-state index in [1.54, 1.807) is 11.3 Å². The summed E-state index contributed by atoms with van der Waals surface area (Å²) in [6.07, 6.45) is 1.94. The standard InChI is InChI=1S/C17H21N5OS/c1-13-11-22-17(19-13)24-16(20-22)18-10-14-2-4-15(5-3-14)12-21-6-8-23-9-7-21/h2-5,11H,6-10,12H2,1H3,(H,18,20). The average molecular weight is 343 g/mol. The second kappa shape index (κ2) is 6.88. The highest BCUT2D eigenvalue weighted by Gasteiger charge is 2.10. The van der Waals surface area contributed by atoms with Gasteiger partial charge in [-0.2, -0.15) is 0 Å². The van der Waals surface area contributed by atoms with Gasteiger partial charge in [-0.15, -0.1) is 5.10 Å². The third kappa shape index (κ3) is 3.58. The Bertz CT molecular complexity index is 773. The molecule has 2 aromatic heterocycles. The Labute approximate surface area is 145 Å². The van der Waals surface area contributed by atoms with Crippen LogP contribution in [0.5, 0.6) is 0 Å². The minimum Gasteiger partial charge on any atom is -0.379 e. The third-order valence-corrected chi connectivity index (χ3v) is 5.02. The van der Waals surface area contributed by atoms with Gasteiger partial charge < -0.3 is 10.1 Å². The first-order chi connectivity index (χ1) is 11.8. The maximum Gasteiger partial charge on any atom is 0.214 e. The lowest BCUT2D eigenvalue weighted by atomic mass is 10.1. The van der Waals surface area contributed by atoms with E-state index < -0.39 is 0 Å². The van der Waals surface area contributed by atoms with Crippen LogP contribution in [0.2, 0.25) is 0 Å². The normalized spacial score (nSPS) is 15.9. The highest BCUT2D eigenvalue weighted by molar-refractivity contribution is 7.20. The number of benzene rings is 1. The van der Waals surface area contributed by atoms with E-state index in [2.05, 4.69) is 44.6 Å². The Morgan fingerprint density at radius 1 is 1.17 bits per heavy atom. The molecule has 7 heteroatoms. The SMILES string of the molecule is Cc1cn2nc(NCc3ccc(CN4CCOCC4)cc3)sc2n1. The summed E-state index contributed by atoms with van der Waals surface area (Å²) in [4.78, 5) is 7.78. The first-order valence-electron chi connectivity index (χ1n) is 8.21. The van der Waals surface area contributed by atoms with Gasteiger partial charge in [-0.1, -0.05) is 35.6 Å². The highest BCUT2D eigenvalue weighted by Crippen LogP contribution is 2.19. The van der Waals surface area contributed by atoms with Gasteiger partial charge in [0.2, 0.25) is 10.1 Å². The molecule has 24 heavy (non-hydrogen) atoms. The lowest BCUT2D eigenvalue weighted by molar-refractivity contribution is 0.0342. The van der Waals surface area contributed by atoms with Crippen molar-refractivity contribution in [3.8, 4) is 0 Å². The van der Waals surface area contributed by atoms with Gasteiger partial charge in [-0.3, -0.25) is 4.90 Å². The van der Waals surface area contributed by atoms with E-state index in [1.165, 1.54) is 11.1 Å². The average Bonchev–Trinajstić information content (AvgIpc) is 3.12. The summed E-state index contributed by atoms with van der Waals surface area (Å²) in [5.41, 5.74) is 3.60. The van der Waals surface area contributed by atoms with Crippen LogP contribution in [0.25, 0.3) is 4.96 Å². The molecule has 1 saturated heterocycles. The van der Waals surface area contributed by atoms with E-state index in [0.717, 1.165) is 55.2 Å². The van der Waals surface area contributed by atoms with E-state index in [9.17, 15) is 0 Å². The van der Waals surface area contributed by atoms with Crippen molar-refractivity contribution in [1.29, 1.82) is 0 Å². The maximum atomic E-state index is 5.39. The van der Waals surface area contributed by atoms with Gasteiger partial charge in [-0.05, 0) is 18.1 Å². The third-order valence-electron chi connectivity index (χ3n) is 4.14. The molecule has 1 aliphatic heterocycles. The molecule has 6 nitrogen and oxygen atoms in total. The maximum absolute atomic E-state index is 5.39. The van der Waals surface area contributed by atoms with E-state index in [1.807, 2.05) is 17.6 Å².